The Kier molecular flexibility index (Phi) is 5.78. The fourth-order valence-electron chi connectivity index (χ4n) is 2.02. The first-order valence-electron chi connectivity index (χ1n) is 7.32. The molecule has 0 N–H and O–H groups in total. The third-order valence-electron chi connectivity index (χ3n) is 3.29. The fourth-order valence-corrected chi connectivity index (χ4v) is 2.98. The van der Waals surface area contributed by atoms with Crippen molar-refractivity contribution in [3.63, 3.8) is 0 Å². The monoisotopic (exact) mass is 326 g/mol. The van der Waals surface area contributed by atoms with Gasteiger partial charge in [0.1, 0.15) is 11.1 Å². The summed E-state index contributed by atoms with van der Waals surface area (Å²) in [4.78, 5) is 16.3. The second kappa shape index (κ2) is 7.80. The van der Waals surface area contributed by atoms with E-state index in [1.54, 1.807) is 19.9 Å². The number of ether oxygens (including phenoxy) is 1. The van der Waals surface area contributed by atoms with E-state index in [-0.39, 0.29) is 0 Å². The second-order valence-corrected chi connectivity index (χ2v) is 6.04. The Morgan fingerprint density at radius 2 is 2.00 bits per heavy atom. The minimum atomic E-state index is -0.441. The van der Waals surface area contributed by atoms with Crippen LogP contribution in [0.5, 0.6) is 0 Å². The molecule has 0 amide bonds. The summed E-state index contributed by atoms with van der Waals surface area (Å²) in [5, 5.41) is 9.96. The zero-order valence-corrected chi connectivity index (χ0v) is 14.2. The van der Waals surface area contributed by atoms with Crippen LogP contribution in [-0.4, -0.2) is 17.6 Å². The Bertz CT molecular complexity index is 749. The lowest BCUT2D eigenvalue weighted by Gasteiger charge is -2.09. The van der Waals surface area contributed by atoms with Crippen LogP contribution >= 0.6 is 11.8 Å². The molecule has 0 saturated carbocycles. The van der Waals surface area contributed by atoms with E-state index in [0.29, 0.717) is 28.5 Å². The van der Waals surface area contributed by atoms with E-state index in [1.807, 2.05) is 6.92 Å². The Morgan fingerprint density at radius 1 is 1.30 bits per heavy atom. The molecule has 0 saturated heterocycles. The average molecular weight is 326 g/mol. The van der Waals surface area contributed by atoms with Crippen molar-refractivity contribution in [1.29, 1.82) is 5.26 Å². The van der Waals surface area contributed by atoms with Crippen molar-refractivity contribution < 1.29 is 9.53 Å². The number of benzene rings is 1. The summed E-state index contributed by atoms with van der Waals surface area (Å²) >= 11 is 1.49. The van der Waals surface area contributed by atoms with Gasteiger partial charge < -0.3 is 4.74 Å². The van der Waals surface area contributed by atoms with Gasteiger partial charge in [0.05, 0.1) is 23.4 Å². The lowest BCUT2D eigenvalue weighted by Crippen LogP contribution is -2.09. The molecule has 0 fully saturated rings. The lowest BCUT2D eigenvalue weighted by atomic mass is 10.1. The molecule has 1 aromatic carbocycles. The molecule has 0 spiro atoms. The van der Waals surface area contributed by atoms with Crippen molar-refractivity contribution in [3.05, 3.63) is 58.3 Å². The van der Waals surface area contributed by atoms with Gasteiger partial charge in [0.25, 0.3) is 0 Å². The van der Waals surface area contributed by atoms with Gasteiger partial charge in [0.15, 0.2) is 0 Å². The van der Waals surface area contributed by atoms with Crippen LogP contribution in [0, 0.1) is 25.2 Å². The van der Waals surface area contributed by atoms with E-state index in [1.165, 1.54) is 22.9 Å². The summed E-state index contributed by atoms with van der Waals surface area (Å²) in [6, 6.07) is 11.9. The molecule has 23 heavy (non-hydrogen) atoms. The first kappa shape index (κ1) is 17.0. The van der Waals surface area contributed by atoms with Gasteiger partial charge in [-0.15, -0.1) is 11.8 Å². The molecule has 4 nitrogen and oxygen atoms in total. The highest BCUT2D eigenvalue weighted by Crippen LogP contribution is 2.26. The third kappa shape index (κ3) is 4.33. The second-order valence-electron chi connectivity index (χ2n) is 5.08. The highest BCUT2D eigenvalue weighted by molar-refractivity contribution is 7.98. The minimum absolute atomic E-state index is 0.296. The van der Waals surface area contributed by atoms with Crippen LogP contribution in [0.25, 0.3) is 0 Å². The molecule has 1 aromatic heterocycles. The third-order valence-corrected chi connectivity index (χ3v) is 4.35. The van der Waals surface area contributed by atoms with Gasteiger partial charge in [0.2, 0.25) is 0 Å². The molecule has 0 bridgehead atoms. The summed E-state index contributed by atoms with van der Waals surface area (Å²) in [6.45, 7) is 5.84. The fraction of sp³-hybridized carbons (Fsp3) is 0.278. The van der Waals surface area contributed by atoms with Crippen molar-refractivity contribution >= 4 is 17.7 Å². The number of carbonyl (C=O) groups is 1. The van der Waals surface area contributed by atoms with Crippen molar-refractivity contribution in [2.75, 3.05) is 6.61 Å². The Labute approximate surface area is 140 Å². The number of hydrogen-bond donors (Lipinski definition) is 0. The summed E-state index contributed by atoms with van der Waals surface area (Å²) in [5.74, 6) is 0.282. The summed E-state index contributed by atoms with van der Waals surface area (Å²) in [7, 11) is 0. The number of rotatable bonds is 5. The molecule has 0 aliphatic carbocycles. The van der Waals surface area contributed by atoms with Crippen LogP contribution in [-0.2, 0) is 10.5 Å². The highest BCUT2D eigenvalue weighted by Gasteiger charge is 2.16. The first-order chi connectivity index (χ1) is 11.0. The van der Waals surface area contributed by atoms with E-state index >= 15 is 0 Å². The molecule has 0 atom stereocenters. The summed E-state index contributed by atoms with van der Waals surface area (Å²) < 4.78 is 4.99. The van der Waals surface area contributed by atoms with E-state index < -0.39 is 5.97 Å². The van der Waals surface area contributed by atoms with E-state index in [4.69, 9.17) is 4.74 Å². The maximum Gasteiger partial charge on any atom is 0.340 e. The number of aryl methyl sites for hydroxylation is 2. The van der Waals surface area contributed by atoms with Crippen LogP contribution in [0.3, 0.4) is 0 Å². The lowest BCUT2D eigenvalue weighted by molar-refractivity contribution is 0.0524. The number of esters is 1. The minimum Gasteiger partial charge on any atom is -0.462 e. The van der Waals surface area contributed by atoms with Gasteiger partial charge in [-0.2, -0.15) is 5.26 Å². The smallest absolute Gasteiger partial charge is 0.340 e. The number of thioether (sulfide) groups is 1. The van der Waals surface area contributed by atoms with Crippen molar-refractivity contribution in [2.45, 2.75) is 31.6 Å². The molecule has 5 heteroatoms. The van der Waals surface area contributed by atoms with E-state index in [0.717, 1.165) is 5.75 Å². The number of nitrogens with zero attached hydrogens (tertiary/aromatic N) is 2. The maximum atomic E-state index is 11.9. The number of hydrogen-bond acceptors (Lipinski definition) is 5. The van der Waals surface area contributed by atoms with Gasteiger partial charge in [-0.05, 0) is 32.4 Å². The molecule has 2 aromatic rings. The molecular weight excluding hydrogens is 308 g/mol. The Balaban J connectivity index is 2.22. The van der Waals surface area contributed by atoms with Crippen molar-refractivity contribution in [2.24, 2.45) is 0 Å². The van der Waals surface area contributed by atoms with Crippen molar-refractivity contribution in [3.8, 4) is 6.07 Å². The Morgan fingerprint density at radius 3 is 2.61 bits per heavy atom. The van der Waals surface area contributed by atoms with Gasteiger partial charge in [0, 0.05) is 5.75 Å². The number of carbonyl (C=O) groups excluding carboxylic acids is 1. The van der Waals surface area contributed by atoms with E-state index in [9.17, 15) is 10.1 Å². The summed E-state index contributed by atoms with van der Waals surface area (Å²) in [6.07, 6.45) is 0. The number of pyridine rings is 1. The van der Waals surface area contributed by atoms with E-state index in [2.05, 4.69) is 35.3 Å². The molecular formula is C18H18N2O2S. The molecule has 118 valence electrons. The highest BCUT2D eigenvalue weighted by atomic mass is 32.2. The van der Waals surface area contributed by atoms with Crippen LogP contribution in [0.4, 0.5) is 0 Å². The topological polar surface area (TPSA) is 63.0 Å². The quantitative estimate of drug-likeness (QED) is 0.613. The van der Waals surface area contributed by atoms with Gasteiger partial charge in [-0.1, -0.05) is 29.8 Å². The Hall–Kier alpha value is -2.32. The SMILES string of the molecule is CCOC(=O)c1cc(C#N)c(SCc2ccc(C)cc2)nc1C. The normalized spacial score (nSPS) is 10.2. The predicted octanol–water partition coefficient (Wildman–Crippen LogP) is 4.04. The molecule has 1 heterocycles. The molecule has 0 radical (unpaired) electrons. The van der Waals surface area contributed by atoms with Crippen LogP contribution in [0.15, 0.2) is 35.4 Å². The first-order valence-corrected chi connectivity index (χ1v) is 8.31. The van der Waals surface area contributed by atoms with Crippen LogP contribution in [0.1, 0.15) is 39.7 Å². The summed E-state index contributed by atoms with van der Waals surface area (Å²) in [5.41, 5.74) is 3.70. The van der Waals surface area contributed by atoms with Gasteiger partial charge >= 0.3 is 5.97 Å². The molecule has 0 aliphatic rings. The van der Waals surface area contributed by atoms with Gasteiger partial charge in [-0.25, -0.2) is 9.78 Å². The standard InChI is InChI=1S/C18H18N2O2S/c1-4-22-18(21)16-9-15(10-19)17(20-13(16)3)23-11-14-7-5-12(2)6-8-14/h5-9H,4,11H2,1-3H3. The maximum absolute atomic E-state index is 11.9. The number of aromatic nitrogens is 1. The zero-order chi connectivity index (χ0) is 16.8. The zero-order valence-electron chi connectivity index (χ0n) is 13.4. The van der Waals surface area contributed by atoms with Crippen LogP contribution < -0.4 is 0 Å². The molecule has 0 unspecified atom stereocenters. The van der Waals surface area contributed by atoms with Gasteiger partial charge in [-0.3, -0.25) is 0 Å². The predicted molar refractivity (Wildman–Crippen MR) is 90.4 cm³/mol. The van der Waals surface area contributed by atoms with Crippen LogP contribution in [0.2, 0.25) is 0 Å². The largest absolute Gasteiger partial charge is 0.462 e. The average Bonchev–Trinajstić information content (AvgIpc) is 2.54. The van der Waals surface area contributed by atoms with Crippen molar-refractivity contribution in [1.82, 2.24) is 4.98 Å². The molecule has 0 aliphatic heterocycles. The molecule has 2 rings (SSSR count). The number of nitriles is 1.